The summed E-state index contributed by atoms with van der Waals surface area (Å²) in [6.07, 6.45) is 0.432. The van der Waals surface area contributed by atoms with Gasteiger partial charge in [0.25, 0.3) is 0 Å². The molecule has 1 rings (SSSR count). The molecule has 1 aliphatic heterocycles. The number of ether oxygens (including phenoxy) is 1. The molecule has 1 heterocycles. The number of carbonyl (C=O) groups excluding carboxylic acids is 1. The van der Waals surface area contributed by atoms with E-state index in [1.54, 1.807) is 0 Å². The summed E-state index contributed by atoms with van der Waals surface area (Å²) in [7, 11) is 0. The fraction of sp³-hybridized carbons (Fsp3) is 0.667. The summed E-state index contributed by atoms with van der Waals surface area (Å²) in [6.45, 7) is 9.27. The Kier molecular flexibility index (Phi) is 2.50. The van der Waals surface area contributed by atoms with Gasteiger partial charge in [0.2, 0.25) is 0 Å². The summed E-state index contributed by atoms with van der Waals surface area (Å²) in [5.74, 6) is -0.368. The van der Waals surface area contributed by atoms with Crippen LogP contribution in [0.25, 0.3) is 0 Å². The van der Waals surface area contributed by atoms with E-state index in [-0.39, 0.29) is 17.5 Å². The first-order chi connectivity index (χ1) is 5.95. The zero-order valence-corrected chi connectivity index (χ0v) is 8.20. The molecule has 4 nitrogen and oxygen atoms in total. The van der Waals surface area contributed by atoms with Crippen molar-refractivity contribution in [1.82, 2.24) is 0 Å². The smallest absolute Gasteiger partial charge is 0.355 e. The number of rotatable bonds is 1. The van der Waals surface area contributed by atoms with E-state index in [1.807, 2.05) is 20.8 Å². The number of hydrogen-bond donors (Lipinski definition) is 0. The topological polar surface area (TPSA) is 51.0 Å². The van der Waals surface area contributed by atoms with Gasteiger partial charge in [-0.25, -0.2) is 4.79 Å². The lowest BCUT2D eigenvalue weighted by Gasteiger charge is -2.24. The molecule has 0 radical (unpaired) electrons. The van der Waals surface area contributed by atoms with Crippen molar-refractivity contribution >= 4 is 18.4 Å². The third kappa shape index (κ3) is 2.14. The van der Waals surface area contributed by atoms with E-state index in [2.05, 4.69) is 16.9 Å². The fourth-order valence-electron chi connectivity index (χ4n) is 1.15. The minimum atomic E-state index is -0.368. The van der Waals surface area contributed by atoms with Gasteiger partial charge < -0.3 is 4.74 Å². The summed E-state index contributed by atoms with van der Waals surface area (Å²) in [5.41, 5.74) is 0.323. The van der Waals surface area contributed by atoms with Crippen LogP contribution in [0.2, 0.25) is 0 Å². The second-order valence-electron chi connectivity index (χ2n) is 4.15. The number of cyclic esters (lactones) is 1. The van der Waals surface area contributed by atoms with E-state index in [1.165, 1.54) is 0 Å². The highest BCUT2D eigenvalue weighted by Gasteiger charge is 2.38. The van der Waals surface area contributed by atoms with Crippen LogP contribution in [0.4, 0.5) is 0 Å². The zero-order chi connectivity index (χ0) is 10.1. The molecule has 4 heteroatoms. The fourth-order valence-corrected chi connectivity index (χ4v) is 1.15. The highest BCUT2D eigenvalue weighted by atomic mass is 16.6. The molecule has 0 spiro atoms. The Balaban J connectivity index is 2.77. The quantitative estimate of drug-likeness (QED) is 0.349. The van der Waals surface area contributed by atoms with Crippen molar-refractivity contribution in [3.05, 3.63) is 0 Å². The van der Waals surface area contributed by atoms with Gasteiger partial charge in [0.1, 0.15) is 6.10 Å². The van der Waals surface area contributed by atoms with Gasteiger partial charge in [-0.2, -0.15) is 5.10 Å². The maximum atomic E-state index is 11.2. The largest absolute Gasteiger partial charge is 0.457 e. The van der Waals surface area contributed by atoms with Crippen molar-refractivity contribution in [2.75, 3.05) is 0 Å². The molecule has 72 valence electrons. The lowest BCUT2D eigenvalue weighted by molar-refractivity contribution is -0.140. The van der Waals surface area contributed by atoms with Gasteiger partial charge in [-0.1, -0.05) is 20.8 Å². The number of nitrogens with zero attached hydrogens (tertiary/aromatic N) is 2. The maximum Gasteiger partial charge on any atom is 0.355 e. The lowest BCUT2D eigenvalue weighted by Crippen LogP contribution is -2.25. The van der Waals surface area contributed by atoms with Crippen molar-refractivity contribution < 1.29 is 9.53 Å². The molecule has 0 aromatic carbocycles. The van der Waals surface area contributed by atoms with E-state index in [0.29, 0.717) is 12.1 Å². The minimum Gasteiger partial charge on any atom is -0.457 e. The summed E-state index contributed by atoms with van der Waals surface area (Å²) in [4.78, 5) is 11.2. The predicted octanol–water partition coefficient (Wildman–Crippen LogP) is 1.40. The molecule has 13 heavy (non-hydrogen) atoms. The Morgan fingerprint density at radius 3 is 2.54 bits per heavy atom. The minimum absolute atomic E-state index is 0.0475. The Morgan fingerprint density at radius 2 is 2.15 bits per heavy atom. The van der Waals surface area contributed by atoms with Crippen LogP contribution in [0.5, 0.6) is 0 Å². The van der Waals surface area contributed by atoms with Crippen molar-refractivity contribution in [3.63, 3.8) is 0 Å². The summed E-state index contributed by atoms with van der Waals surface area (Å²) in [6, 6.07) is 0. The van der Waals surface area contributed by atoms with Crippen LogP contribution in [-0.2, 0) is 9.53 Å². The molecule has 0 aromatic rings. The van der Waals surface area contributed by atoms with Gasteiger partial charge in [0.05, 0.1) is 0 Å². The van der Waals surface area contributed by atoms with E-state index in [4.69, 9.17) is 4.74 Å². The zero-order valence-electron chi connectivity index (χ0n) is 8.20. The van der Waals surface area contributed by atoms with Crippen LogP contribution >= 0.6 is 0 Å². The first-order valence-corrected chi connectivity index (χ1v) is 4.18. The molecule has 0 amide bonds. The summed E-state index contributed by atoms with van der Waals surface area (Å²) in [5, 5.41) is 6.95. The van der Waals surface area contributed by atoms with Gasteiger partial charge in [0.15, 0.2) is 5.71 Å². The van der Waals surface area contributed by atoms with Gasteiger partial charge in [-0.3, -0.25) is 0 Å². The van der Waals surface area contributed by atoms with Crippen molar-refractivity contribution in [2.24, 2.45) is 15.6 Å². The molecule has 1 saturated heterocycles. The SMILES string of the molecule is C=N/N=C1/CC(C(C)(C)C)OC1=O. The molecular formula is C9H14N2O2. The van der Waals surface area contributed by atoms with Crippen LogP contribution in [0.1, 0.15) is 27.2 Å². The predicted molar refractivity (Wildman–Crippen MR) is 50.9 cm³/mol. The van der Waals surface area contributed by atoms with E-state index in [9.17, 15) is 4.79 Å². The molecular weight excluding hydrogens is 168 g/mol. The first kappa shape index (κ1) is 9.89. The standard InChI is InChI=1S/C9H14N2O2/c1-9(2,3)7-5-6(11-10-4)8(12)13-7/h7H,4-5H2,1-3H3/b11-6-. The molecule has 0 aromatic heterocycles. The van der Waals surface area contributed by atoms with Crippen LogP contribution in [-0.4, -0.2) is 24.5 Å². The van der Waals surface area contributed by atoms with E-state index >= 15 is 0 Å². The molecule has 1 atom stereocenters. The summed E-state index contributed by atoms with van der Waals surface area (Å²) >= 11 is 0. The van der Waals surface area contributed by atoms with Gasteiger partial charge >= 0.3 is 5.97 Å². The molecule has 0 saturated carbocycles. The molecule has 1 unspecified atom stereocenters. The summed E-state index contributed by atoms with van der Waals surface area (Å²) < 4.78 is 5.13. The average molecular weight is 182 g/mol. The number of carbonyl (C=O) groups is 1. The monoisotopic (exact) mass is 182 g/mol. The third-order valence-electron chi connectivity index (χ3n) is 2.02. The second kappa shape index (κ2) is 3.28. The Labute approximate surface area is 77.7 Å². The van der Waals surface area contributed by atoms with Crippen LogP contribution in [0, 0.1) is 5.41 Å². The van der Waals surface area contributed by atoms with Crippen molar-refractivity contribution in [2.45, 2.75) is 33.3 Å². The van der Waals surface area contributed by atoms with Crippen LogP contribution in [0.15, 0.2) is 10.2 Å². The van der Waals surface area contributed by atoms with Crippen LogP contribution in [0.3, 0.4) is 0 Å². The van der Waals surface area contributed by atoms with Crippen molar-refractivity contribution in [3.8, 4) is 0 Å². The van der Waals surface area contributed by atoms with Gasteiger partial charge in [0, 0.05) is 13.1 Å². The van der Waals surface area contributed by atoms with Gasteiger partial charge in [-0.05, 0) is 5.41 Å². The molecule has 1 fully saturated rings. The normalized spacial score (nSPS) is 26.2. The Bertz CT molecular complexity index is 263. The first-order valence-electron chi connectivity index (χ1n) is 4.18. The van der Waals surface area contributed by atoms with E-state index in [0.717, 1.165) is 0 Å². The van der Waals surface area contributed by atoms with Crippen molar-refractivity contribution in [1.29, 1.82) is 0 Å². The molecule has 0 bridgehead atoms. The molecule has 1 aliphatic rings. The highest BCUT2D eigenvalue weighted by Crippen LogP contribution is 2.29. The number of hydrogen-bond acceptors (Lipinski definition) is 4. The Morgan fingerprint density at radius 1 is 1.54 bits per heavy atom. The van der Waals surface area contributed by atoms with Crippen LogP contribution < -0.4 is 0 Å². The second-order valence-corrected chi connectivity index (χ2v) is 4.15. The molecule has 0 aliphatic carbocycles. The average Bonchev–Trinajstić information content (AvgIpc) is 2.32. The number of esters is 1. The maximum absolute atomic E-state index is 11.2. The lowest BCUT2D eigenvalue weighted by atomic mass is 9.87. The molecule has 0 N–H and O–H groups in total. The third-order valence-corrected chi connectivity index (χ3v) is 2.02. The van der Waals surface area contributed by atoms with Gasteiger partial charge in [-0.15, -0.1) is 5.10 Å². The Hall–Kier alpha value is -1.19. The highest BCUT2D eigenvalue weighted by molar-refractivity contribution is 6.38. The van der Waals surface area contributed by atoms with E-state index < -0.39 is 0 Å².